The van der Waals surface area contributed by atoms with E-state index in [9.17, 15) is 4.79 Å². The summed E-state index contributed by atoms with van der Waals surface area (Å²) in [7, 11) is 0. The summed E-state index contributed by atoms with van der Waals surface area (Å²) in [5.74, 6) is -0.00587. The van der Waals surface area contributed by atoms with Crippen molar-refractivity contribution in [3.05, 3.63) is 48.1 Å². The fourth-order valence-corrected chi connectivity index (χ4v) is 3.64. The van der Waals surface area contributed by atoms with Crippen molar-refractivity contribution in [1.82, 2.24) is 9.97 Å². The third-order valence-corrected chi connectivity index (χ3v) is 5.14. The van der Waals surface area contributed by atoms with Gasteiger partial charge in [0, 0.05) is 30.9 Å². The lowest BCUT2D eigenvalue weighted by Crippen LogP contribution is -2.43. The maximum Gasteiger partial charge on any atom is 0.274 e. The Labute approximate surface area is 163 Å². The highest BCUT2D eigenvalue weighted by molar-refractivity contribution is 6.05. The molecule has 7 heteroatoms. The fraction of sp³-hybridized carbons (Fsp3) is 0.381. The first-order valence-electron chi connectivity index (χ1n) is 9.67. The molecular weight excluding hydrogens is 354 g/mol. The summed E-state index contributed by atoms with van der Waals surface area (Å²) >= 11 is 0. The lowest BCUT2D eigenvalue weighted by molar-refractivity contribution is 0.102. The van der Waals surface area contributed by atoms with Gasteiger partial charge in [-0.2, -0.15) is 0 Å². The summed E-state index contributed by atoms with van der Waals surface area (Å²) in [4.78, 5) is 23.8. The van der Waals surface area contributed by atoms with E-state index in [1.165, 1.54) is 0 Å². The highest BCUT2D eigenvalue weighted by Crippen LogP contribution is 2.29. The van der Waals surface area contributed by atoms with Crippen molar-refractivity contribution in [3.8, 4) is 0 Å². The SMILES string of the molecule is CC(C)c1coc2ccc(C(=O)Nc3cnccc3N3CCCC(N)C3)nc12. The van der Waals surface area contributed by atoms with Gasteiger partial charge in [-0.1, -0.05) is 13.8 Å². The van der Waals surface area contributed by atoms with Crippen molar-refractivity contribution in [2.75, 3.05) is 23.3 Å². The highest BCUT2D eigenvalue weighted by atomic mass is 16.3. The van der Waals surface area contributed by atoms with Crippen molar-refractivity contribution < 1.29 is 9.21 Å². The number of piperidine rings is 1. The number of anilines is 2. The van der Waals surface area contributed by atoms with E-state index in [1.54, 1.807) is 30.8 Å². The lowest BCUT2D eigenvalue weighted by atomic mass is 10.1. The Bertz CT molecular complexity index is 997. The van der Waals surface area contributed by atoms with Gasteiger partial charge in [0.1, 0.15) is 11.2 Å². The summed E-state index contributed by atoms with van der Waals surface area (Å²) in [5.41, 5.74) is 10.5. The first-order chi connectivity index (χ1) is 13.5. The number of aromatic nitrogens is 2. The number of hydrogen-bond donors (Lipinski definition) is 2. The summed E-state index contributed by atoms with van der Waals surface area (Å²) in [6, 6.07) is 5.52. The molecule has 4 rings (SSSR count). The zero-order valence-electron chi connectivity index (χ0n) is 16.2. The molecule has 7 nitrogen and oxygen atoms in total. The molecule has 1 fully saturated rings. The van der Waals surface area contributed by atoms with Crippen LogP contribution < -0.4 is 16.0 Å². The first-order valence-corrected chi connectivity index (χ1v) is 9.67. The van der Waals surface area contributed by atoms with Gasteiger partial charge in [0.15, 0.2) is 5.58 Å². The van der Waals surface area contributed by atoms with Crippen molar-refractivity contribution >= 4 is 28.4 Å². The van der Waals surface area contributed by atoms with Crippen molar-refractivity contribution in [2.45, 2.75) is 38.6 Å². The number of rotatable bonds is 4. The molecule has 0 radical (unpaired) electrons. The van der Waals surface area contributed by atoms with Gasteiger partial charge in [0.05, 0.1) is 23.8 Å². The standard InChI is InChI=1S/C21H25N5O2/c1-13(2)15-12-28-19-6-5-16(24-20(15)19)21(27)25-17-10-23-8-7-18(17)26-9-3-4-14(22)11-26/h5-8,10,12-14H,3-4,9,11,22H2,1-2H3,(H,25,27). The predicted octanol–water partition coefficient (Wildman–Crippen LogP) is 3.53. The van der Waals surface area contributed by atoms with Crippen LogP contribution in [-0.4, -0.2) is 35.0 Å². The zero-order chi connectivity index (χ0) is 19.7. The highest BCUT2D eigenvalue weighted by Gasteiger charge is 2.21. The molecule has 3 aromatic rings. The third kappa shape index (κ3) is 3.57. The van der Waals surface area contributed by atoms with Crippen LogP contribution in [0.4, 0.5) is 11.4 Å². The monoisotopic (exact) mass is 379 g/mol. The Balaban J connectivity index is 1.60. The molecule has 0 saturated carbocycles. The fourth-order valence-electron chi connectivity index (χ4n) is 3.64. The molecule has 1 atom stereocenters. The minimum Gasteiger partial charge on any atom is -0.462 e. The second-order valence-corrected chi connectivity index (χ2v) is 7.58. The van der Waals surface area contributed by atoms with Crippen LogP contribution in [-0.2, 0) is 0 Å². The average Bonchev–Trinajstić information content (AvgIpc) is 3.12. The Kier molecular flexibility index (Phi) is 5.00. The van der Waals surface area contributed by atoms with E-state index in [0.29, 0.717) is 17.0 Å². The molecule has 28 heavy (non-hydrogen) atoms. The van der Waals surface area contributed by atoms with E-state index in [1.807, 2.05) is 6.07 Å². The van der Waals surface area contributed by atoms with Crippen LogP contribution in [0.2, 0.25) is 0 Å². The normalized spacial score (nSPS) is 17.3. The molecule has 0 spiro atoms. The van der Waals surface area contributed by atoms with Gasteiger partial charge >= 0.3 is 0 Å². The Morgan fingerprint density at radius 1 is 1.36 bits per heavy atom. The summed E-state index contributed by atoms with van der Waals surface area (Å²) < 4.78 is 5.55. The molecule has 3 aromatic heterocycles. The number of carbonyl (C=O) groups is 1. The molecule has 0 aromatic carbocycles. The van der Waals surface area contributed by atoms with Gasteiger partial charge in [-0.05, 0) is 37.0 Å². The van der Waals surface area contributed by atoms with Crippen molar-refractivity contribution in [2.24, 2.45) is 5.73 Å². The van der Waals surface area contributed by atoms with E-state index >= 15 is 0 Å². The lowest BCUT2D eigenvalue weighted by Gasteiger charge is -2.33. The molecule has 3 N–H and O–H groups in total. The minimum atomic E-state index is -0.270. The maximum atomic E-state index is 12.9. The third-order valence-electron chi connectivity index (χ3n) is 5.14. The molecule has 1 aliphatic heterocycles. The van der Waals surface area contributed by atoms with Gasteiger partial charge in [-0.3, -0.25) is 9.78 Å². The number of furan rings is 1. The number of nitrogens with zero attached hydrogens (tertiary/aromatic N) is 3. The minimum absolute atomic E-state index is 0.144. The molecular formula is C21H25N5O2. The second-order valence-electron chi connectivity index (χ2n) is 7.58. The number of amides is 1. The molecule has 1 aliphatic rings. The van der Waals surface area contributed by atoms with Crippen molar-refractivity contribution in [3.63, 3.8) is 0 Å². The summed E-state index contributed by atoms with van der Waals surface area (Å²) in [6.45, 7) is 5.83. The van der Waals surface area contributed by atoms with Gasteiger partial charge in [-0.25, -0.2) is 4.98 Å². The van der Waals surface area contributed by atoms with Gasteiger partial charge in [-0.15, -0.1) is 0 Å². The number of nitrogens with two attached hydrogens (primary N) is 1. The van der Waals surface area contributed by atoms with E-state index < -0.39 is 0 Å². The van der Waals surface area contributed by atoms with Gasteiger partial charge in [0.2, 0.25) is 0 Å². The zero-order valence-corrected chi connectivity index (χ0v) is 16.2. The maximum absolute atomic E-state index is 12.9. The van der Waals surface area contributed by atoms with Crippen LogP contribution in [0.15, 0.2) is 41.3 Å². The van der Waals surface area contributed by atoms with E-state index in [2.05, 4.69) is 34.0 Å². The molecule has 1 unspecified atom stereocenters. The molecule has 4 heterocycles. The molecule has 1 saturated heterocycles. The Morgan fingerprint density at radius 3 is 3.00 bits per heavy atom. The number of carbonyl (C=O) groups excluding carboxylic acids is 1. The van der Waals surface area contributed by atoms with Gasteiger partial charge in [0.25, 0.3) is 5.91 Å². The predicted molar refractivity (Wildman–Crippen MR) is 110 cm³/mol. The first kappa shape index (κ1) is 18.4. The van der Waals surface area contributed by atoms with E-state index in [4.69, 9.17) is 10.2 Å². The number of pyridine rings is 2. The van der Waals surface area contributed by atoms with Crippen LogP contribution in [0.3, 0.4) is 0 Å². The van der Waals surface area contributed by atoms with Crippen LogP contribution in [0.5, 0.6) is 0 Å². The molecule has 1 amide bonds. The Hall–Kier alpha value is -2.93. The number of fused-ring (bicyclic) bond motifs is 1. The van der Waals surface area contributed by atoms with Gasteiger partial charge < -0.3 is 20.4 Å². The van der Waals surface area contributed by atoms with Crippen LogP contribution in [0, 0.1) is 0 Å². The quantitative estimate of drug-likeness (QED) is 0.720. The number of hydrogen-bond acceptors (Lipinski definition) is 6. The summed E-state index contributed by atoms with van der Waals surface area (Å²) in [6.07, 6.45) is 7.17. The Morgan fingerprint density at radius 2 is 2.21 bits per heavy atom. The second kappa shape index (κ2) is 7.59. The average molecular weight is 379 g/mol. The summed E-state index contributed by atoms with van der Waals surface area (Å²) in [5, 5.41) is 2.97. The largest absolute Gasteiger partial charge is 0.462 e. The topological polar surface area (TPSA) is 97.3 Å². The molecule has 0 aliphatic carbocycles. The van der Waals surface area contributed by atoms with Crippen LogP contribution in [0.1, 0.15) is 48.7 Å². The van der Waals surface area contributed by atoms with Crippen LogP contribution >= 0.6 is 0 Å². The van der Waals surface area contributed by atoms with E-state index in [-0.39, 0.29) is 17.9 Å². The molecule has 146 valence electrons. The smallest absolute Gasteiger partial charge is 0.274 e. The van der Waals surface area contributed by atoms with Crippen molar-refractivity contribution in [1.29, 1.82) is 0 Å². The molecule has 0 bridgehead atoms. The van der Waals surface area contributed by atoms with E-state index in [0.717, 1.165) is 42.7 Å². The van der Waals surface area contributed by atoms with Crippen LogP contribution in [0.25, 0.3) is 11.1 Å². The number of nitrogens with one attached hydrogen (secondary N) is 1.